The van der Waals surface area contributed by atoms with Gasteiger partial charge in [0.15, 0.2) is 0 Å². The quantitative estimate of drug-likeness (QED) is 0.386. The van der Waals surface area contributed by atoms with Gasteiger partial charge in [0.25, 0.3) is 0 Å². The Morgan fingerprint density at radius 2 is 0.889 bits per heavy atom. The Bertz CT molecular complexity index is 932. The summed E-state index contributed by atoms with van der Waals surface area (Å²) in [4.78, 5) is 0. The number of anilines is 2. The Morgan fingerprint density at radius 3 is 1.37 bits per heavy atom. The second-order valence-electron chi connectivity index (χ2n) is 6.87. The fraction of sp³-hybridized carbons (Fsp3) is 0.0769. The van der Waals surface area contributed by atoms with Crippen LogP contribution in [0, 0.1) is 6.92 Å². The van der Waals surface area contributed by atoms with Crippen LogP contribution in [-0.2, 0) is 0 Å². The van der Waals surface area contributed by atoms with Crippen LogP contribution in [0.2, 0.25) is 0 Å². The topological polar surface area (TPSA) is 12.0 Å². The van der Waals surface area contributed by atoms with Gasteiger partial charge in [0, 0.05) is 17.3 Å². The largest absolute Gasteiger partial charge is 0.356 e. The zero-order chi connectivity index (χ0) is 18.5. The molecular formula is C26H23N. The van der Waals surface area contributed by atoms with Crippen LogP contribution in [0.25, 0.3) is 0 Å². The van der Waals surface area contributed by atoms with E-state index < -0.39 is 0 Å². The Morgan fingerprint density at radius 1 is 0.481 bits per heavy atom. The molecule has 4 aromatic rings. The van der Waals surface area contributed by atoms with E-state index in [9.17, 15) is 0 Å². The monoisotopic (exact) mass is 349 g/mol. The lowest BCUT2D eigenvalue weighted by atomic mass is 9.85. The lowest BCUT2D eigenvalue weighted by Crippen LogP contribution is -2.03. The fourth-order valence-electron chi connectivity index (χ4n) is 3.43. The molecule has 27 heavy (non-hydrogen) atoms. The SMILES string of the molecule is Cc1ccc(Nc2ccc(C(c3ccccc3)c3ccccc3)cc2)cc1. The van der Waals surface area contributed by atoms with Crippen LogP contribution in [0.3, 0.4) is 0 Å². The van der Waals surface area contributed by atoms with Crippen LogP contribution < -0.4 is 5.32 Å². The molecular weight excluding hydrogens is 326 g/mol. The van der Waals surface area contributed by atoms with E-state index in [0.29, 0.717) is 0 Å². The molecule has 0 aliphatic rings. The lowest BCUT2D eigenvalue weighted by molar-refractivity contribution is 0.978. The zero-order valence-electron chi connectivity index (χ0n) is 15.5. The molecule has 0 amide bonds. The van der Waals surface area contributed by atoms with Crippen LogP contribution in [0.5, 0.6) is 0 Å². The van der Waals surface area contributed by atoms with E-state index in [0.717, 1.165) is 11.4 Å². The lowest BCUT2D eigenvalue weighted by Gasteiger charge is -2.19. The first-order valence-electron chi connectivity index (χ1n) is 9.33. The van der Waals surface area contributed by atoms with E-state index in [4.69, 9.17) is 0 Å². The van der Waals surface area contributed by atoms with Gasteiger partial charge in [0.05, 0.1) is 0 Å². The van der Waals surface area contributed by atoms with Crippen molar-refractivity contribution in [1.29, 1.82) is 0 Å². The Balaban J connectivity index is 1.64. The number of hydrogen-bond donors (Lipinski definition) is 1. The molecule has 0 aromatic heterocycles. The molecule has 1 nitrogen and oxygen atoms in total. The maximum Gasteiger partial charge on any atom is 0.0384 e. The highest BCUT2D eigenvalue weighted by atomic mass is 14.9. The van der Waals surface area contributed by atoms with Crippen molar-refractivity contribution in [2.75, 3.05) is 5.32 Å². The number of benzene rings is 4. The van der Waals surface area contributed by atoms with Gasteiger partial charge in [-0.2, -0.15) is 0 Å². The minimum atomic E-state index is 0.237. The summed E-state index contributed by atoms with van der Waals surface area (Å²) < 4.78 is 0. The van der Waals surface area contributed by atoms with Gasteiger partial charge in [0.1, 0.15) is 0 Å². The van der Waals surface area contributed by atoms with Gasteiger partial charge in [-0.1, -0.05) is 90.5 Å². The van der Waals surface area contributed by atoms with Gasteiger partial charge in [-0.3, -0.25) is 0 Å². The molecule has 0 heterocycles. The van der Waals surface area contributed by atoms with E-state index in [-0.39, 0.29) is 5.92 Å². The van der Waals surface area contributed by atoms with Crippen molar-refractivity contribution in [1.82, 2.24) is 0 Å². The highest BCUT2D eigenvalue weighted by Gasteiger charge is 2.16. The van der Waals surface area contributed by atoms with Gasteiger partial charge in [0.2, 0.25) is 0 Å². The van der Waals surface area contributed by atoms with E-state index in [1.807, 2.05) is 0 Å². The van der Waals surface area contributed by atoms with Crippen molar-refractivity contribution < 1.29 is 0 Å². The smallest absolute Gasteiger partial charge is 0.0384 e. The average molecular weight is 349 g/mol. The molecule has 0 aliphatic carbocycles. The van der Waals surface area contributed by atoms with Crippen molar-refractivity contribution in [2.24, 2.45) is 0 Å². The second kappa shape index (κ2) is 7.92. The van der Waals surface area contributed by atoms with Gasteiger partial charge >= 0.3 is 0 Å². The first-order chi connectivity index (χ1) is 13.3. The van der Waals surface area contributed by atoms with Gasteiger partial charge in [-0.25, -0.2) is 0 Å². The molecule has 0 unspecified atom stereocenters. The summed E-state index contributed by atoms with van der Waals surface area (Å²) in [5, 5.41) is 3.48. The van der Waals surface area contributed by atoms with Crippen molar-refractivity contribution in [3.05, 3.63) is 131 Å². The molecule has 0 radical (unpaired) electrons. The standard InChI is InChI=1S/C26H23N/c1-20-12-16-24(17-13-20)27-25-18-14-23(15-19-25)26(21-8-4-2-5-9-21)22-10-6-3-7-11-22/h2-19,26-27H,1H3. The van der Waals surface area contributed by atoms with Crippen LogP contribution in [-0.4, -0.2) is 0 Å². The molecule has 0 spiro atoms. The number of nitrogens with one attached hydrogen (secondary N) is 1. The van der Waals surface area contributed by atoms with Gasteiger partial charge in [-0.15, -0.1) is 0 Å². The number of hydrogen-bond acceptors (Lipinski definition) is 1. The number of aryl methyl sites for hydroxylation is 1. The maximum atomic E-state index is 3.48. The van der Waals surface area contributed by atoms with Crippen molar-refractivity contribution >= 4 is 11.4 Å². The zero-order valence-corrected chi connectivity index (χ0v) is 15.5. The van der Waals surface area contributed by atoms with Crippen molar-refractivity contribution in [3.8, 4) is 0 Å². The van der Waals surface area contributed by atoms with Crippen LogP contribution in [0.15, 0.2) is 109 Å². The summed E-state index contributed by atoms with van der Waals surface area (Å²) in [6.45, 7) is 2.10. The molecule has 0 bridgehead atoms. The second-order valence-corrected chi connectivity index (χ2v) is 6.87. The molecule has 4 rings (SSSR count). The van der Waals surface area contributed by atoms with E-state index >= 15 is 0 Å². The average Bonchev–Trinajstić information content (AvgIpc) is 2.73. The maximum absolute atomic E-state index is 3.48. The Hall–Kier alpha value is -3.32. The summed E-state index contributed by atoms with van der Waals surface area (Å²) in [5.41, 5.74) is 7.38. The summed E-state index contributed by atoms with van der Waals surface area (Å²) in [6.07, 6.45) is 0. The summed E-state index contributed by atoms with van der Waals surface area (Å²) >= 11 is 0. The van der Waals surface area contributed by atoms with E-state index in [2.05, 4.69) is 121 Å². The van der Waals surface area contributed by atoms with E-state index in [1.54, 1.807) is 0 Å². The van der Waals surface area contributed by atoms with Gasteiger partial charge < -0.3 is 5.32 Å². The highest BCUT2D eigenvalue weighted by Crippen LogP contribution is 2.32. The molecule has 1 N–H and O–H groups in total. The number of rotatable bonds is 5. The van der Waals surface area contributed by atoms with Crippen molar-refractivity contribution in [2.45, 2.75) is 12.8 Å². The molecule has 0 fully saturated rings. The van der Waals surface area contributed by atoms with Crippen LogP contribution in [0.1, 0.15) is 28.2 Å². The molecule has 0 aliphatic heterocycles. The van der Waals surface area contributed by atoms with Crippen LogP contribution >= 0.6 is 0 Å². The normalized spacial score (nSPS) is 10.7. The molecule has 1 heteroatoms. The minimum Gasteiger partial charge on any atom is -0.356 e. The highest BCUT2D eigenvalue weighted by molar-refractivity contribution is 5.60. The molecule has 0 saturated heterocycles. The summed E-state index contributed by atoms with van der Waals surface area (Å²) in [7, 11) is 0. The first kappa shape index (κ1) is 17.1. The third-order valence-corrected chi connectivity index (χ3v) is 4.85. The summed E-state index contributed by atoms with van der Waals surface area (Å²) in [5.74, 6) is 0.237. The van der Waals surface area contributed by atoms with Crippen LogP contribution in [0.4, 0.5) is 11.4 Å². The van der Waals surface area contributed by atoms with Crippen molar-refractivity contribution in [3.63, 3.8) is 0 Å². The van der Waals surface area contributed by atoms with Gasteiger partial charge in [-0.05, 0) is 47.9 Å². The first-order valence-corrected chi connectivity index (χ1v) is 9.33. The Labute approximate surface area is 161 Å². The predicted molar refractivity (Wildman–Crippen MR) is 115 cm³/mol. The molecule has 4 aromatic carbocycles. The molecule has 0 atom stereocenters. The predicted octanol–water partition coefficient (Wildman–Crippen LogP) is 6.92. The molecule has 0 saturated carbocycles. The third kappa shape index (κ3) is 4.09. The third-order valence-electron chi connectivity index (χ3n) is 4.85. The minimum absolute atomic E-state index is 0.237. The van der Waals surface area contributed by atoms with E-state index in [1.165, 1.54) is 22.3 Å². The fourth-order valence-corrected chi connectivity index (χ4v) is 3.43. The molecule has 132 valence electrons. The Kier molecular flexibility index (Phi) is 5.02. The summed E-state index contributed by atoms with van der Waals surface area (Å²) in [6, 6.07) is 38.6.